The number of likely N-dealkylation sites (N-methyl/N-ethyl adjacent to an activating group) is 1. The van der Waals surface area contributed by atoms with Crippen molar-refractivity contribution in [1.82, 2.24) is 5.32 Å². The van der Waals surface area contributed by atoms with Crippen LogP contribution in [0.25, 0.3) is 0 Å². The van der Waals surface area contributed by atoms with Crippen molar-refractivity contribution in [2.75, 3.05) is 51.8 Å². The van der Waals surface area contributed by atoms with Gasteiger partial charge in [0.25, 0.3) is 0 Å². The van der Waals surface area contributed by atoms with E-state index in [1.165, 1.54) is 6.92 Å². The summed E-state index contributed by atoms with van der Waals surface area (Å²) in [4.78, 5) is 22.9. The Morgan fingerprint density at radius 1 is 0.611 bits per heavy atom. The fourth-order valence-corrected chi connectivity index (χ4v) is 5.00. The second-order valence-corrected chi connectivity index (χ2v) is 13.4. The van der Waals surface area contributed by atoms with E-state index in [1.807, 2.05) is 0 Å². The number of ketones is 1. The summed E-state index contributed by atoms with van der Waals surface area (Å²) in [7, 11) is 3.16. The average molecular weight is 874 g/mol. The van der Waals surface area contributed by atoms with Crippen LogP contribution in [0.3, 0.4) is 0 Å². The Kier molecular flexibility index (Phi) is 15.3. The molecule has 0 saturated heterocycles. The summed E-state index contributed by atoms with van der Waals surface area (Å²) in [6.45, 7) is 1.34. The molecule has 1 unspecified atom stereocenters. The van der Waals surface area contributed by atoms with Crippen LogP contribution in [0.1, 0.15) is 19.8 Å². The van der Waals surface area contributed by atoms with Crippen molar-refractivity contribution < 1.29 is 120 Å². The lowest BCUT2D eigenvalue weighted by molar-refractivity contribution is -0.883. The molecule has 0 amide bonds. The maximum Gasteiger partial charge on any atom is 0.460 e. The first-order valence-corrected chi connectivity index (χ1v) is 15.3. The van der Waals surface area contributed by atoms with E-state index in [0.717, 1.165) is 0 Å². The Bertz CT molecular complexity index is 1300. The van der Waals surface area contributed by atoms with E-state index in [9.17, 15) is 111 Å². The van der Waals surface area contributed by atoms with Gasteiger partial charge in [0.05, 0.1) is 26.4 Å². The third-order valence-corrected chi connectivity index (χ3v) is 8.44. The van der Waals surface area contributed by atoms with Gasteiger partial charge in [-0.05, 0) is 5.75 Å². The molecule has 0 fully saturated rings. The maximum atomic E-state index is 14.1. The van der Waals surface area contributed by atoms with Gasteiger partial charge in [-0.25, -0.2) is 4.79 Å². The number of alkyl halides is 23. The van der Waals surface area contributed by atoms with E-state index < -0.39 is 101 Å². The summed E-state index contributed by atoms with van der Waals surface area (Å²) < 4.78 is 311. The average Bonchev–Trinajstić information content (AvgIpc) is 2.96. The number of carbonyl (C=O) groups is 2. The standard InChI is InChI=1S/C25H27F23N2O3S/c1-12(9-49-6-4-7-50(2,3)10-14(52)53)13(51)11-54-8-5-15(26,27)16(28,29)17(30,31)18(32,33)19(34,35)20(36,37)21(38,39)22(40,41)23(42,43)24(44,45)25(46,47)48/h12,49H,4-11H2,1-3H3/p+1. The normalized spacial score (nSPS) is 16.1. The molecule has 1 atom stereocenters. The summed E-state index contributed by atoms with van der Waals surface area (Å²) in [5, 5.41) is 11.6. The van der Waals surface area contributed by atoms with Gasteiger partial charge in [0.2, 0.25) is 0 Å². The van der Waals surface area contributed by atoms with Gasteiger partial charge in [-0.3, -0.25) is 4.79 Å². The highest BCUT2D eigenvalue weighted by molar-refractivity contribution is 7.99. The number of halogens is 23. The Morgan fingerprint density at radius 2 is 0.963 bits per heavy atom. The SMILES string of the molecule is CC(CNCCC[N+](C)(C)CC(=O)O)C(=O)CSCCC(F)(F)C(F)(F)C(F)(F)C(F)(F)C(F)(F)C(F)(F)C(F)(F)C(F)(F)C(F)(F)C(F)(F)C(F)(F)F. The quantitative estimate of drug-likeness (QED) is 0.0615. The number of Topliss-reactive ketones (excluding diaryl/α,β-unsaturated/α-hetero) is 1. The number of rotatable bonds is 23. The van der Waals surface area contributed by atoms with Crippen LogP contribution in [-0.2, 0) is 9.59 Å². The van der Waals surface area contributed by atoms with Gasteiger partial charge in [0.1, 0.15) is 5.78 Å². The number of thioether (sulfide) groups is 1. The molecule has 29 heteroatoms. The second-order valence-electron chi connectivity index (χ2n) is 12.3. The van der Waals surface area contributed by atoms with Crippen LogP contribution in [0.15, 0.2) is 0 Å². The number of aliphatic carboxylic acids is 1. The minimum atomic E-state index is -9.44. The zero-order valence-electron chi connectivity index (χ0n) is 27.0. The third kappa shape index (κ3) is 9.16. The van der Waals surface area contributed by atoms with Crippen molar-refractivity contribution in [3.63, 3.8) is 0 Å². The van der Waals surface area contributed by atoms with Crippen molar-refractivity contribution >= 4 is 23.5 Å². The van der Waals surface area contributed by atoms with Gasteiger partial charge in [-0.15, -0.1) is 0 Å². The molecule has 5 nitrogen and oxygen atoms in total. The van der Waals surface area contributed by atoms with Crippen LogP contribution in [0, 0.1) is 5.92 Å². The molecule has 2 N–H and O–H groups in total. The number of hydrogen-bond donors (Lipinski definition) is 2. The number of hydrogen-bond acceptors (Lipinski definition) is 4. The molecule has 0 saturated carbocycles. The molecule has 0 aromatic heterocycles. The van der Waals surface area contributed by atoms with E-state index in [-0.39, 0.29) is 35.9 Å². The fourth-order valence-electron chi connectivity index (χ4n) is 3.97. The molecule has 0 aliphatic heterocycles. The predicted octanol–water partition coefficient (Wildman–Crippen LogP) is 8.37. The first-order chi connectivity index (χ1) is 23.4. The Morgan fingerprint density at radius 3 is 1.31 bits per heavy atom. The molecule has 0 spiro atoms. The van der Waals surface area contributed by atoms with Crippen molar-refractivity contribution in [3.05, 3.63) is 0 Å². The zero-order chi connectivity index (χ0) is 43.8. The van der Waals surface area contributed by atoms with Gasteiger partial charge >= 0.3 is 71.4 Å². The molecule has 0 heterocycles. The monoisotopic (exact) mass is 873 g/mol. The molecule has 0 aromatic carbocycles. The molecule has 0 rings (SSSR count). The van der Waals surface area contributed by atoms with Gasteiger partial charge < -0.3 is 14.9 Å². The van der Waals surface area contributed by atoms with E-state index in [0.29, 0.717) is 13.0 Å². The zero-order valence-corrected chi connectivity index (χ0v) is 27.9. The van der Waals surface area contributed by atoms with Crippen molar-refractivity contribution in [2.24, 2.45) is 5.92 Å². The van der Waals surface area contributed by atoms with E-state index >= 15 is 0 Å². The number of nitrogens with one attached hydrogen (secondary N) is 1. The summed E-state index contributed by atoms with van der Waals surface area (Å²) in [6, 6.07) is 0. The first-order valence-electron chi connectivity index (χ1n) is 14.1. The molecule has 54 heavy (non-hydrogen) atoms. The fraction of sp³-hybridized carbons (Fsp3) is 0.920. The van der Waals surface area contributed by atoms with Crippen LogP contribution in [0.4, 0.5) is 101 Å². The number of carboxylic acids is 1. The molecule has 322 valence electrons. The molecular weight excluding hydrogens is 845 g/mol. The summed E-state index contributed by atoms with van der Waals surface area (Å²) in [6.07, 6.45) is -10.6. The van der Waals surface area contributed by atoms with Gasteiger partial charge in [0, 0.05) is 31.8 Å². The maximum absolute atomic E-state index is 14.1. The molecule has 0 bridgehead atoms. The first kappa shape index (κ1) is 51.8. The van der Waals surface area contributed by atoms with Crippen LogP contribution in [0.2, 0.25) is 0 Å². The lowest BCUT2D eigenvalue weighted by atomic mass is 9.85. The summed E-state index contributed by atoms with van der Waals surface area (Å²) >= 11 is -0.119. The highest BCUT2D eigenvalue weighted by Crippen LogP contribution is 2.67. The van der Waals surface area contributed by atoms with E-state index in [2.05, 4.69) is 5.32 Å². The van der Waals surface area contributed by atoms with Gasteiger partial charge in [0.15, 0.2) is 6.54 Å². The summed E-state index contributed by atoms with van der Waals surface area (Å²) in [5.41, 5.74) is 0. The lowest BCUT2D eigenvalue weighted by Crippen LogP contribution is -2.77. The van der Waals surface area contributed by atoms with Crippen molar-refractivity contribution in [3.8, 4) is 0 Å². The highest BCUT2D eigenvalue weighted by atomic mass is 32.2. The van der Waals surface area contributed by atoms with Crippen molar-refractivity contribution in [2.45, 2.75) is 85.2 Å². The molecule has 0 radical (unpaired) electrons. The van der Waals surface area contributed by atoms with Gasteiger partial charge in [-0.2, -0.15) is 113 Å². The predicted molar refractivity (Wildman–Crippen MR) is 139 cm³/mol. The van der Waals surface area contributed by atoms with Crippen LogP contribution >= 0.6 is 11.8 Å². The molecule has 0 aromatic rings. The molecule has 0 aliphatic carbocycles. The Labute approximate surface area is 292 Å². The lowest BCUT2D eigenvalue weighted by Gasteiger charge is -2.45. The number of carboxylic acid groups (broad SMARTS) is 1. The minimum absolute atomic E-state index is 0.0543. The summed E-state index contributed by atoms with van der Waals surface area (Å²) in [5.74, 6) is -93.4. The van der Waals surface area contributed by atoms with Crippen LogP contribution in [-0.4, -0.2) is 139 Å². The van der Waals surface area contributed by atoms with E-state index in [1.54, 1.807) is 14.1 Å². The number of quaternary nitrogens is 1. The van der Waals surface area contributed by atoms with Crippen molar-refractivity contribution in [1.29, 1.82) is 0 Å². The second kappa shape index (κ2) is 16.0. The smallest absolute Gasteiger partial charge is 0.460 e. The van der Waals surface area contributed by atoms with Crippen LogP contribution < -0.4 is 5.32 Å². The van der Waals surface area contributed by atoms with Crippen LogP contribution in [0.5, 0.6) is 0 Å². The largest absolute Gasteiger partial charge is 0.477 e. The third-order valence-electron chi connectivity index (χ3n) is 7.46. The minimum Gasteiger partial charge on any atom is -0.477 e. The highest BCUT2D eigenvalue weighted by Gasteiger charge is 2.98. The van der Waals surface area contributed by atoms with Gasteiger partial charge in [-0.1, -0.05) is 6.92 Å². The molecule has 0 aliphatic rings. The Balaban J connectivity index is 5.99. The van der Waals surface area contributed by atoms with E-state index in [4.69, 9.17) is 5.11 Å². The molecular formula is C25H28F23N2O3S+. The number of carbonyl (C=O) groups excluding carboxylic acids is 1. The topological polar surface area (TPSA) is 66.4 Å². The number of nitrogens with zero attached hydrogens (tertiary/aromatic N) is 1. The Hall–Kier alpha value is -2.20.